The largest absolute Gasteiger partial charge is 0.457 e. The topological polar surface area (TPSA) is 128 Å². The minimum Gasteiger partial charge on any atom is -0.457 e. The van der Waals surface area contributed by atoms with Crippen LogP contribution in [0.25, 0.3) is 0 Å². The summed E-state index contributed by atoms with van der Waals surface area (Å²) in [5, 5.41) is 34.4. The molecular weight excluding hydrogens is 934 g/mol. The molecule has 8 nitrogen and oxygen atoms in total. The number of Topliss-reactive ketones (excluding diaryl/α,β-unsaturated/α-hetero) is 1. The van der Waals surface area contributed by atoms with Crippen molar-refractivity contribution in [2.75, 3.05) is 10.6 Å². The molecule has 65 heavy (non-hydrogen) atoms. The van der Waals surface area contributed by atoms with Crippen LogP contribution in [0.3, 0.4) is 0 Å². The number of hydrogen-bond donors (Lipinski definition) is 5. The lowest BCUT2D eigenvalue weighted by atomic mass is 9.80. The van der Waals surface area contributed by atoms with E-state index in [4.69, 9.17) is 4.74 Å². The van der Waals surface area contributed by atoms with Gasteiger partial charge in [0.05, 0.1) is 0 Å². The Kier molecular flexibility index (Phi) is 14.2. The summed E-state index contributed by atoms with van der Waals surface area (Å²) in [7, 11) is 0. The predicted octanol–water partition coefficient (Wildman–Crippen LogP) is 11.9. The van der Waals surface area contributed by atoms with E-state index in [1.54, 1.807) is 0 Å². The molecule has 0 saturated carbocycles. The van der Waals surface area contributed by atoms with Gasteiger partial charge in [0.1, 0.15) is 11.5 Å². The summed E-state index contributed by atoms with van der Waals surface area (Å²) in [5.74, 6) is -6.09. The lowest BCUT2D eigenvalue weighted by molar-refractivity contribution is -0.376. The summed E-state index contributed by atoms with van der Waals surface area (Å²) in [4.78, 5) is 26.8. The van der Waals surface area contributed by atoms with Gasteiger partial charge in [-0.15, -0.1) is 0 Å². The molecule has 0 atom stereocenters. The first kappa shape index (κ1) is 54.4. The number of anilines is 2. The van der Waals surface area contributed by atoms with E-state index in [0.29, 0.717) is 18.2 Å². The molecule has 26 heteroatoms. The number of carbonyl (C=O) groups is 2. The maximum absolute atomic E-state index is 14.3. The summed E-state index contributed by atoms with van der Waals surface area (Å²) in [6, 6.07) is 0.661. The average molecular weight is 971 g/mol. The van der Waals surface area contributed by atoms with Gasteiger partial charge in [0, 0.05) is 50.1 Å². The quantitative estimate of drug-likeness (QED) is 0.0852. The molecule has 3 rings (SSSR count). The van der Waals surface area contributed by atoms with Crippen molar-refractivity contribution in [2.45, 2.75) is 114 Å². The predicted molar refractivity (Wildman–Crippen MR) is 192 cm³/mol. The number of aliphatic hydroxyl groups is 3. The normalized spacial score (nSPS) is 14.3. The number of halogens is 18. The molecule has 0 spiro atoms. The maximum Gasteiger partial charge on any atom is 0.430 e. The Bertz CT molecular complexity index is 2210. The highest BCUT2D eigenvalue weighted by Gasteiger charge is 2.74. The SMILES string of the molecule is CCC(C)(C)Nc1ccc(Oc2ccc(NC(=O)c3cc(C(=O)C(C)(C)CC)cc(C(O)(C(F)(F)F)C(F)(F)F)c3)c(C(O)(C(F)(F)F)C(F)(F)F)c2)cc1C(O)(C(F)(F)F)C(F)(F)F. The van der Waals surface area contributed by atoms with Gasteiger partial charge in [0.25, 0.3) is 22.7 Å². The smallest absolute Gasteiger partial charge is 0.430 e. The van der Waals surface area contributed by atoms with Crippen LogP contribution in [0.1, 0.15) is 91.8 Å². The Labute approximate surface area is 355 Å². The molecule has 3 aromatic rings. The van der Waals surface area contributed by atoms with Crippen LogP contribution in [-0.2, 0) is 16.8 Å². The molecule has 0 aliphatic rings. The number of ether oxygens (including phenoxy) is 1. The number of carbonyl (C=O) groups excluding carboxylic acids is 2. The molecular formula is C39H36F18N2O6. The standard InChI is InChI=1S/C39H36F18N2O6/c1-7-29(3,4)27(60)18-13-19(15-20(14-18)31(62,34(40,41)42)35(43,44)45)28(61)58-25-11-9-21(16-23(25)32(63,36(46,47)48)37(49,50)51)65-22-10-12-26(59-30(5,6)8-2)24(17-22)33(64,38(52,53)54)39(55,56)57/h9-17,59,62-64H,7-8H2,1-6H3,(H,58,61). The maximum atomic E-state index is 14.3. The summed E-state index contributed by atoms with van der Waals surface area (Å²) < 4.78 is 259. The molecule has 1 amide bonds. The molecule has 0 unspecified atom stereocenters. The number of nitrogens with one attached hydrogen (secondary N) is 2. The highest BCUT2D eigenvalue weighted by molar-refractivity contribution is 6.08. The van der Waals surface area contributed by atoms with E-state index in [9.17, 15) is 104 Å². The van der Waals surface area contributed by atoms with E-state index < -0.39 is 127 Å². The molecule has 0 aromatic heterocycles. The molecule has 0 radical (unpaired) electrons. The number of amides is 1. The van der Waals surface area contributed by atoms with Crippen molar-refractivity contribution in [1.82, 2.24) is 0 Å². The molecule has 0 heterocycles. The van der Waals surface area contributed by atoms with Crippen molar-refractivity contribution < 1.29 is 109 Å². The molecule has 364 valence electrons. The molecule has 0 aliphatic carbocycles. The minimum atomic E-state index is -6.87. The summed E-state index contributed by atoms with van der Waals surface area (Å²) in [5.41, 5.74) is -33.0. The van der Waals surface area contributed by atoms with E-state index in [0.717, 1.165) is 13.8 Å². The Morgan fingerprint density at radius 3 is 1.25 bits per heavy atom. The van der Waals surface area contributed by atoms with Gasteiger partial charge >= 0.3 is 37.1 Å². The number of alkyl halides is 18. The van der Waals surface area contributed by atoms with Gasteiger partial charge in [-0.25, -0.2) is 0 Å². The van der Waals surface area contributed by atoms with Crippen LogP contribution in [0.4, 0.5) is 90.4 Å². The Hall–Kier alpha value is -4.98. The van der Waals surface area contributed by atoms with Gasteiger partial charge in [0.2, 0.25) is 0 Å². The Morgan fingerprint density at radius 2 is 0.877 bits per heavy atom. The lowest BCUT2D eigenvalue weighted by Crippen LogP contribution is -2.54. The van der Waals surface area contributed by atoms with Crippen molar-refractivity contribution in [3.05, 3.63) is 82.4 Å². The highest BCUT2D eigenvalue weighted by atomic mass is 19.4. The number of hydrogen-bond acceptors (Lipinski definition) is 7. The average Bonchev–Trinajstić information content (AvgIpc) is 3.14. The number of rotatable bonds is 13. The van der Waals surface area contributed by atoms with Crippen LogP contribution in [0, 0.1) is 5.41 Å². The third-order valence-electron chi connectivity index (χ3n) is 10.4. The summed E-state index contributed by atoms with van der Waals surface area (Å²) in [6.07, 6.45) is -40.3. The van der Waals surface area contributed by atoms with Crippen LogP contribution < -0.4 is 15.4 Å². The third-order valence-corrected chi connectivity index (χ3v) is 10.4. The van der Waals surface area contributed by atoms with E-state index in [-0.39, 0.29) is 49.2 Å². The van der Waals surface area contributed by atoms with Crippen molar-refractivity contribution in [3.63, 3.8) is 0 Å². The second-order valence-electron chi connectivity index (χ2n) is 15.8. The van der Waals surface area contributed by atoms with Crippen molar-refractivity contribution in [3.8, 4) is 11.5 Å². The van der Waals surface area contributed by atoms with E-state index in [1.807, 2.05) is 0 Å². The number of benzene rings is 3. The second-order valence-corrected chi connectivity index (χ2v) is 15.8. The summed E-state index contributed by atoms with van der Waals surface area (Å²) in [6.45, 7) is 7.66. The Morgan fingerprint density at radius 1 is 0.508 bits per heavy atom. The van der Waals surface area contributed by atoms with Gasteiger partial charge in [0.15, 0.2) is 5.78 Å². The molecule has 0 bridgehead atoms. The van der Waals surface area contributed by atoms with Crippen LogP contribution >= 0.6 is 0 Å². The minimum absolute atomic E-state index is 0.0270. The molecule has 0 fully saturated rings. The van der Waals surface area contributed by atoms with Crippen molar-refractivity contribution >= 4 is 23.1 Å². The van der Waals surface area contributed by atoms with Crippen LogP contribution in [0.2, 0.25) is 0 Å². The third kappa shape index (κ3) is 10.1. The van der Waals surface area contributed by atoms with E-state index in [2.05, 4.69) is 5.32 Å². The first-order valence-electron chi connectivity index (χ1n) is 18.2. The molecule has 0 saturated heterocycles. The fraction of sp³-hybridized carbons (Fsp3) is 0.487. The van der Waals surface area contributed by atoms with Crippen molar-refractivity contribution in [1.29, 1.82) is 0 Å². The van der Waals surface area contributed by atoms with Gasteiger partial charge in [-0.05, 0) is 81.3 Å². The first-order valence-corrected chi connectivity index (χ1v) is 18.2. The monoisotopic (exact) mass is 970 g/mol. The van der Waals surface area contributed by atoms with Gasteiger partial charge in [-0.1, -0.05) is 27.7 Å². The fourth-order valence-corrected chi connectivity index (χ4v) is 5.84. The van der Waals surface area contributed by atoms with Gasteiger partial charge < -0.3 is 30.7 Å². The molecule has 3 aromatic carbocycles. The first-order chi connectivity index (χ1) is 28.9. The molecule has 0 aliphatic heterocycles. The van der Waals surface area contributed by atoms with Crippen LogP contribution in [0.15, 0.2) is 54.6 Å². The van der Waals surface area contributed by atoms with Crippen molar-refractivity contribution in [2.24, 2.45) is 5.41 Å². The zero-order chi connectivity index (χ0) is 50.8. The van der Waals surface area contributed by atoms with E-state index >= 15 is 0 Å². The fourth-order valence-electron chi connectivity index (χ4n) is 5.84. The van der Waals surface area contributed by atoms with Gasteiger partial charge in [-0.3, -0.25) is 9.59 Å². The zero-order valence-electron chi connectivity index (χ0n) is 34.0. The Balaban J connectivity index is 2.41. The summed E-state index contributed by atoms with van der Waals surface area (Å²) >= 11 is 0. The number of ketones is 1. The van der Waals surface area contributed by atoms with Crippen LogP contribution in [-0.4, -0.2) is 69.6 Å². The lowest BCUT2D eigenvalue weighted by Gasteiger charge is -2.36. The molecule has 5 N–H and O–H groups in total. The highest BCUT2D eigenvalue weighted by Crippen LogP contribution is 2.55. The van der Waals surface area contributed by atoms with E-state index in [1.165, 1.54) is 33.0 Å². The van der Waals surface area contributed by atoms with Crippen LogP contribution in [0.5, 0.6) is 11.5 Å². The zero-order valence-corrected chi connectivity index (χ0v) is 34.0. The van der Waals surface area contributed by atoms with Gasteiger partial charge in [-0.2, -0.15) is 79.0 Å². The second kappa shape index (κ2) is 17.0.